The molecule has 1 fully saturated rings. The van der Waals surface area contributed by atoms with Crippen molar-refractivity contribution in [2.24, 2.45) is 0 Å². The van der Waals surface area contributed by atoms with E-state index in [-0.39, 0.29) is 0 Å². The van der Waals surface area contributed by atoms with Crippen LogP contribution in [0.3, 0.4) is 0 Å². The normalized spacial score (nSPS) is 15.0. The Bertz CT molecular complexity index is 581. The summed E-state index contributed by atoms with van der Waals surface area (Å²) in [5.41, 5.74) is 5.07. The molecule has 0 bridgehead atoms. The van der Waals surface area contributed by atoms with Gasteiger partial charge in [0.05, 0.1) is 0 Å². The van der Waals surface area contributed by atoms with E-state index < -0.39 is 0 Å². The average Bonchev–Trinajstić information content (AvgIpc) is 2.57. The number of hydrogen-bond acceptors (Lipinski definition) is 2. The average molecular weight is 278 g/mol. The molecule has 3 rings (SSSR count). The van der Waals surface area contributed by atoms with Crippen LogP contribution >= 0.6 is 0 Å². The van der Waals surface area contributed by atoms with E-state index in [2.05, 4.69) is 71.4 Å². The van der Waals surface area contributed by atoms with Crippen LogP contribution in [-0.2, 0) is 6.42 Å². The van der Waals surface area contributed by atoms with E-state index in [0.29, 0.717) is 0 Å². The maximum Gasteiger partial charge on any atom is 0.0367 e. The molecule has 108 valence electrons. The lowest BCUT2D eigenvalue weighted by Gasteiger charge is -2.31. The highest BCUT2D eigenvalue weighted by Crippen LogP contribution is 2.19. The first-order chi connectivity index (χ1) is 10.3. The van der Waals surface area contributed by atoms with Crippen molar-refractivity contribution in [2.45, 2.75) is 6.42 Å². The van der Waals surface area contributed by atoms with E-state index in [1.807, 2.05) is 0 Å². The maximum absolute atomic E-state index is 4.26. The highest BCUT2D eigenvalue weighted by Gasteiger charge is 2.12. The van der Waals surface area contributed by atoms with Gasteiger partial charge in [-0.25, -0.2) is 0 Å². The summed E-state index contributed by atoms with van der Waals surface area (Å²) in [7, 11) is 0. The first-order valence-corrected chi connectivity index (χ1v) is 7.61. The van der Waals surface area contributed by atoms with Crippen LogP contribution in [0.5, 0.6) is 0 Å². The van der Waals surface area contributed by atoms with Crippen LogP contribution in [0.4, 0.5) is 0 Å². The van der Waals surface area contributed by atoms with Crippen LogP contribution in [0, 0.1) is 0 Å². The summed E-state index contributed by atoms with van der Waals surface area (Å²) in [5, 5.41) is 3.37. The minimum absolute atomic E-state index is 0.987. The van der Waals surface area contributed by atoms with Crippen LogP contribution < -0.4 is 5.32 Å². The molecule has 2 aromatic rings. The number of hydrogen-bond donors (Lipinski definition) is 1. The number of nitrogens with one attached hydrogen (secondary N) is 1. The molecule has 1 heterocycles. The van der Waals surface area contributed by atoms with Crippen LogP contribution in [-0.4, -0.2) is 31.1 Å². The first kappa shape index (κ1) is 13.9. The molecular formula is C19H22N2. The molecule has 2 aromatic carbocycles. The van der Waals surface area contributed by atoms with Gasteiger partial charge < -0.3 is 10.2 Å². The Balaban J connectivity index is 1.67. The van der Waals surface area contributed by atoms with Crippen LogP contribution in [0.2, 0.25) is 0 Å². The molecule has 1 aliphatic rings. The summed E-state index contributed by atoms with van der Waals surface area (Å²) in [5.74, 6) is 0. The Hall–Kier alpha value is -2.06. The van der Waals surface area contributed by atoms with E-state index in [9.17, 15) is 0 Å². The van der Waals surface area contributed by atoms with Gasteiger partial charge in [-0.1, -0.05) is 61.2 Å². The second-order valence-electron chi connectivity index (χ2n) is 5.54. The van der Waals surface area contributed by atoms with Gasteiger partial charge in [0.2, 0.25) is 0 Å². The number of nitrogens with zero attached hydrogens (tertiary/aromatic N) is 1. The van der Waals surface area contributed by atoms with E-state index in [0.717, 1.165) is 38.3 Å². The van der Waals surface area contributed by atoms with Crippen molar-refractivity contribution in [1.29, 1.82) is 0 Å². The molecule has 0 spiro atoms. The monoisotopic (exact) mass is 278 g/mol. The molecule has 0 unspecified atom stereocenters. The molecule has 0 aromatic heterocycles. The van der Waals surface area contributed by atoms with E-state index in [1.54, 1.807) is 0 Å². The summed E-state index contributed by atoms with van der Waals surface area (Å²) in [6, 6.07) is 19.4. The predicted molar refractivity (Wildman–Crippen MR) is 89.2 cm³/mol. The molecule has 2 nitrogen and oxygen atoms in total. The molecule has 1 aliphatic heterocycles. The third-order valence-electron chi connectivity index (χ3n) is 4.04. The zero-order valence-electron chi connectivity index (χ0n) is 12.4. The minimum Gasteiger partial charge on any atom is -0.369 e. The van der Waals surface area contributed by atoms with Crippen molar-refractivity contribution >= 4 is 5.70 Å². The number of benzene rings is 2. The minimum atomic E-state index is 0.987. The molecule has 1 saturated heterocycles. The number of piperazine rings is 1. The number of rotatable bonds is 4. The predicted octanol–water partition coefficient (Wildman–Crippen LogP) is 3.15. The lowest BCUT2D eigenvalue weighted by molar-refractivity contribution is 0.341. The fraction of sp³-hybridized carbons (Fsp3) is 0.263. The highest BCUT2D eigenvalue weighted by molar-refractivity contribution is 5.62. The van der Waals surface area contributed by atoms with Crippen molar-refractivity contribution in [1.82, 2.24) is 10.2 Å². The molecule has 0 aliphatic carbocycles. The van der Waals surface area contributed by atoms with Gasteiger partial charge in [0.25, 0.3) is 0 Å². The van der Waals surface area contributed by atoms with Crippen molar-refractivity contribution < 1.29 is 0 Å². The summed E-state index contributed by atoms with van der Waals surface area (Å²) < 4.78 is 0. The van der Waals surface area contributed by atoms with Crippen LogP contribution in [0.15, 0.2) is 61.2 Å². The Morgan fingerprint density at radius 2 is 1.52 bits per heavy atom. The fourth-order valence-electron chi connectivity index (χ4n) is 2.76. The van der Waals surface area contributed by atoms with Gasteiger partial charge in [0.15, 0.2) is 0 Å². The first-order valence-electron chi connectivity index (χ1n) is 7.61. The molecule has 0 amide bonds. The SMILES string of the molecule is C=C(c1ccc(Cc2ccccc2)cc1)N1CCNCC1. The second kappa shape index (κ2) is 6.59. The standard InChI is InChI=1S/C19H22N2/c1-16(21-13-11-20-12-14-21)19-9-7-18(8-10-19)15-17-5-3-2-4-6-17/h2-10,20H,1,11-15H2. The van der Waals surface area contributed by atoms with Gasteiger partial charge in [-0.15, -0.1) is 0 Å². The lowest BCUT2D eigenvalue weighted by Crippen LogP contribution is -2.42. The van der Waals surface area contributed by atoms with Crippen molar-refractivity contribution in [3.63, 3.8) is 0 Å². The quantitative estimate of drug-likeness (QED) is 0.924. The zero-order valence-corrected chi connectivity index (χ0v) is 12.4. The van der Waals surface area contributed by atoms with Gasteiger partial charge in [-0.2, -0.15) is 0 Å². The molecule has 21 heavy (non-hydrogen) atoms. The Labute approximate surface area is 127 Å². The largest absolute Gasteiger partial charge is 0.369 e. The zero-order chi connectivity index (χ0) is 14.5. The summed E-state index contributed by atoms with van der Waals surface area (Å²) >= 11 is 0. The summed E-state index contributed by atoms with van der Waals surface area (Å²) in [6.45, 7) is 8.45. The van der Waals surface area contributed by atoms with Crippen molar-refractivity contribution in [2.75, 3.05) is 26.2 Å². The Morgan fingerprint density at radius 1 is 0.905 bits per heavy atom. The smallest absolute Gasteiger partial charge is 0.0367 e. The third kappa shape index (κ3) is 3.53. The third-order valence-corrected chi connectivity index (χ3v) is 4.04. The topological polar surface area (TPSA) is 15.3 Å². The van der Waals surface area contributed by atoms with Crippen LogP contribution in [0.1, 0.15) is 16.7 Å². The van der Waals surface area contributed by atoms with Gasteiger partial charge >= 0.3 is 0 Å². The Kier molecular flexibility index (Phi) is 4.37. The lowest BCUT2D eigenvalue weighted by atomic mass is 10.0. The van der Waals surface area contributed by atoms with Crippen molar-refractivity contribution in [3.8, 4) is 0 Å². The van der Waals surface area contributed by atoms with E-state index in [4.69, 9.17) is 0 Å². The summed E-state index contributed by atoms with van der Waals surface area (Å²) in [6.07, 6.45) is 0.987. The van der Waals surface area contributed by atoms with Gasteiger partial charge in [-0.05, 0) is 23.1 Å². The van der Waals surface area contributed by atoms with Gasteiger partial charge in [0, 0.05) is 31.9 Å². The Morgan fingerprint density at radius 3 is 2.19 bits per heavy atom. The van der Waals surface area contributed by atoms with E-state index >= 15 is 0 Å². The van der Waals surface area contributed by atoms with Gasteiger partial charge in [0.1, 0.15) is 0 Å². The molecule has 1 N–H and O–H groups in total. The van der Waals surface area contributed by atoms with Crippen molar-refractivity contribution in [3.05, 3.63) is 77.9 Å². The highest BCUT2D eigenvalue weighted by atomic mass is 15.2. The second-order valence-corrected chi connectivity index (χ2v) is 5.54. The van der Waals surface area contributed by atoms with E-state index in [1.165, 1.54) is 16.7 Å². The molecular weight excluding hydrogens is 256 g/mol. The fourth-order valence-corrected chi connectivity index (χ4v) is 2.76. The molecule has 0 radical (unpaired) electrons. The summed E-state index contributed by atoms with van der Waals surface area (Å²) in [4.78, 5) is 2.36. The maximum atomic E-state index is 4.26. The molecule has 0 saturated carbocycles. The van der Waals surface area contributed by atoms with Gasteiger partial charge in [-0.3, -0.25) is 0 Å². The van der Waals surface area contributed by atoms with Crippen LogP contribution in [0.25, 0.3) is 5.70 Å². The molecule has 0 atom stereocenters. The molecule has 2 heteroatoms.